The summed E-state index contributed by atoms with van der Waals surface area (Å²) >= 11 is 0. The fraction of sp³-hybridized carbons (Fsp3) is 0.333. The van der Waals surface area contributed by atoms with Crippen LogP contribution < -0.4 is 4.74 Å². The zero-order valence-corrected chi connectivity index (χ0v) is 9.94. The predicted molar refractivity (Wildman–Crippen MR) is 66.3 cm³/mol. The quantitative estimate of drug-likeness (QED) is 0.642. The molecule has 0 radical (unpaired) electrons. The van der Waals surface area contributed by atoms with Crippen LogP contribution in [0.5, 0.6) is 5.75 Å². The van der Waals surface area contributed by atoms with Gasteiger partial charge in [0.2, 0.25) is 0 Å². The Morgan fingerprint density at radius 3 is 2.76 bits per heavy atom. The summed E-state index contributed by atoms with van der Waals surface area (Å²) in [4.78, 5) is 0. The lowest BCUT2D eigenvalue weighted by Crippen LogP contribution is -2.37. The summed E-state index contributed by atoms with van der Waals surface area (Å²) in [5, 5.41) is 2.41. The van der Waals surface area contributed by atoms with Gasteiger partial charge in [-0.3, -0.25) is 0 Å². The Hall–Kier alpha value is -1.54. The molecule has 1 saturated heterocycles. The maximum atomic E-state index is 6.16. The Morgan fingerprint density at radius 2 is 1.88 bits per heavy atom. The van der Waals surface area contributed by atoms with Crippen molar-refractivity contribution >= 4 is 10.8 Å². The minimum Gasteiger partial charge on any atom is -0.484 e. The fourth-order valence-electron chi connectivity index (χ4n) is 2.80. The van der Waals surface area contributed by atoms with Gasteiger partial charge in [0.1, 0.15) is 23.6 Å². The molecule has 0 amide bonds. The van der Waals surface area contributed by atoms with Crippen LogP contribution in [-0.4, -0.2) is 11.7 Å². The molecule has 0 saturated carbocycles. The normalized spacial score (nSPS) is 28.1. The largest absolute Gasteiger partial charge is 0.484 e. The molecule has 0 N–H and O–H groups in total. The van der Waals surface area contributed by atoms with Crippen LogP contribution in [-0.2, 0) is 4.74 Å². The van der Waals surface area contributed by atoms with Gasteiger partial charge in [0.05, 0.1) is 0 Å². The van der Waals surface area contributed by atoms with Gasteiger partial charge in [-0.1, -0.05) is 36.4 Å². The molecule has 17 heavy (non-hydrogen) atoms. The summed E-state index contributed by atoms with van der Waals surface area (Å²) in [7, 11) is 0. The van der Waals surface area contributed by atoms with Crippen LogP contribution in [0.1, 0.15) is 25.5 Å². The van der Waals surface area contributed by atoms with E-state index in [1.165, 1.54) is 16.3 Å². The molecular weight excluding hydrogens is 212 g/mol. The molecule has 0 unspecified atom stereocenters. The molecule has 0 aromatic heterocycles. The summed E-state index contributed by atoms with van der Waals surface area (Å²) < 4.78 is 11.9. The first kappa shape index (κ1) is 9.49. The van der Waals surface area contributed by atoms with Gasteiger partial charge in [0, 0.05) is 10.9 Å². The molecule has 2 heteroatoms. The van der Waals surface area contributed by atoms with Crippen molar-refractivity contribution in [1.29, 1.82) is 0 Å². The van der Waals surface area contributed by atoms with Crippen molar-refractivity contribution in [3.8, 4) is 5.75 Å². The molecule has 2 nitrogen and oxygen atoms in total. The molecule has 0 aliphatic carbocycles. The van der Waals surface area contributed by atoms with Crippen molar-refractivity contribution in [2.24, 2.45) is 0 Å². The van der Waals surface area contributed by atoms with Crippen LogP contribution in [0.25, 0.3) is 10.8 Å². The molecule has 0 bridgehead atoms. The monoisotopic (exact) mass is 226 g/mol. The molecule has 1 fully saturated rings. The molecule has 86 valence electrons. The topological polar surface area (TPSA) is 21.8 Å². The molecule has 2 aliphatic heterocycles. The minimum atomic E-state index is -0.220. The van der Waals surface area contributed by atoms with Crippen molar-refractivity contribution in [2.75, 3.05) is 0 Å². The Morgan fingerprint density at radius 1 is 1.06 bits per heavy atom. The standard InChI is InChI=1S/C15H14O2/c1-15(2)14-13(16-14)11-8-7-9-5-3-4-6-10(9)12(11)17-15/h3-8,13-14H,1-2H3/t13-,14-/m0/s1. The van der Waals surface area contributed by atoms with Gasteiger partial charge in [0.15, 0.2) is 0 Å². The number of hydrogen-bond donors (Lipinski definition) is 0. The third kappa shape index (κ3) is 1.19. The van der Waals surface area contributed by atoms with Crippen LogP contribution in [0.3, 0.4) is 0 Å². The predicted octanol–water partition coefficient (Wildman–Crippen LogP) is 3.45. The second kappa shape index (κ2) is 2.82. The van der Waals surface area contributed by atoms with Gasteiger partial charge in [-0.15, -0.1) is 0 Å². The highest BCUT2D eigenvalue weighted by Crippen LogP contribution is 2.55. The van der Waals surface area contributed by atoms with Gasteiger partial charge in [-0.05, 0) is 19.2 Å². The van der Waals surface area contributed by atoms with Crippen LogP contribution in [0.4, 0.5) is 0 Å². The summed E-state index contributed by atoms with van der Waals surface area (Å²) in [5.74, 6) is 1.01. The maximum absolute atomic E-state index is 6.16. The lowest BCUT2D eigenvalue weighted by molar-refractivity contribution is 0.0743. The Bertz CT molecular complexity index is 615. The van der Waals surface area contributed by atoms with Crippen molar-refractivity contribution in [2.45, 2.75) is 31.7 Å². The SMILES string of the molecule is CC1(C)Oc2c(ccc3ccccc23)[C@@H]2O[C@@H]21. The van der Waals surface area contributed by atoms with E-state index in [1.54, 1.807) is 0 Å². The van der Waals surface area contributed by atoms with Crippen molar-refractivity contribution in [3.05, 3.63) is 42.0 Å². The lowest BCUT2D eigenvalue weighted by Gasteiger charge is -2.30. The smallest absolute Gasteiger partial charge is 0.133 e. The number of epoxide rings is 1. The van der Waals surface area contributed by atoms with Gasteiger partial charge >= 0.3 is 0 Å². The van der Waals surface area contributed by atoms with E-state index in [0.717, 1.165) is 5.75 Å². The number of hydrogen-bond acceptors (Lipinski definition) is 2. The first-order chi connectivity index (χ1) is 8.17. The fourth-order valence-corrected chi connectivity index (χ4v) is 2.80. The highest BCUT2D eigenvalue weighted by molar-refractivity contribution is 5.90. The first-order valence-corrected chi connectivity index (χ1v) is 6.03. The average Bonchev–Trinajstić information content (AvgIpc) is 3.10. The second-order valence-corrected chi connectivity index (χ2v) is 5.39. The molecule has 4 rings (SSSR count). The van der Waals surface area contributed by atoms with E-state index in [0.29, 0.717) is 0 Å². The van der Waals surface area contributed by atoms with E-state index in [9.17, 15) is 0 Å². The molecule has 2 atom stereocenters. The Labute approximate surface area is 100 Å². The van der Waals surface area contributed by atoms with Gasteiger partial charge in [-0.2, -0.15) is 0 Å². The van der Waals surface area contributed by atoms with Gasteiger partial charge < -0.3 is 9.47 Å². The summed E-state index contributed by atoms with van der Waals surface area (Å²) in [6.07, 6.45) is 0.453. The minimum absolute atomic E-state index is 0.219. The van der Waals surface area contributed by atoms with Gasteiger partial charge in [0.25, 0.3) is 0 Å². The van der Waals surface area contributed by atoms with Crippen LogP contribution >= 0.6 is 0 Å². The number of rotatable bonds is 0. The average molecular weight is 226 g/mol. The van der Waals surface area contributed by atoms with Gasteiger partial charge in [-0.25, -0.2) is 0 Å². The Balaban J connectivity index is 2.02. The van der Waals surface area contributed by atoms with Crippen molar-refractivity contribution in [1.82, 2.24) is 0 Å². The third-order valence-electron chi connectivity index (χ3n) is 3.76. The zero-order chi connectivity index (χ0) is 11.6. The number of benzene rings is 2. The molecular formula is C15H14O2. The van der Waals surface area contributed by atoms with E-state index in [-0.39, 0.29) is 17.8 Å². The number of fused-ring (bicyclic) bond motifs is 5. The summed E-state index contributed by atoms with van der Waals surface area (Å²) in [6, 6.07) is 12.6. The Kier molecular flexibility index (Phi) is 1.58. The molecule has 2 aromatic carbocycles. The molecule has 0 spiro atoms. The molecule has 2 aromatic rings. The highest BCUT2D eigenvalue weighted by atomic mass is 16.6. The van der Waals surface area contributed by atoms with Crippen LogP contribution in [0, 0.1) is 0 Å². The van der Waals surface area contributed by atoms with Crippen molar-refractivity contribution in [3.63, 3.8) is 0 Å². The van der Waals surface area contributed by atoms with E-state index < -0.39 is 0 Å². The molecule has 2 aliphatic rings. The highest BCUT2D eigenvalue weighted by Gasteiger charge is 2.56. The van der Waals surface area contributed by atoms with E-state index in [1.807, 2.05) is 0 Å². The van der Waals surface area contributed by atoms with Crippen LogP contribution in [0.2, 0.25) is 0 Å². The van der Waals surface area contributed by atoms with E-state index >= 15 is 0 Å². The maximum Gasteiger partial charge on any atom is 0.133 e. The second-order valence-electron chi connectivity index (χ2n) is 5.39. The first-order valence-electron chi connectivity index (χ1n) is 6.03. The van der Waals surface area contributed by atoms with E-state index in [2.05, 4.69) is 50.2 Å². The van der Waals surface area contributed by atoms with Crippen LogP contribution in [0.15, 0.2) is 36.4 Å². The van der Waals surface area contributed by atoms with Crippen molar-refractivity contribution < 1.29 is 9.47 Å². The van der Waals surface area contributed by atoms with E-state index in [4.69, 9.17) is 9.47 Å². The lowest BCUT2D eigenvalue weighted by atomic mass is 9.92. The third-order valence-corrected chi connectivity index (χ3v) is 3.76. The summed E-state index contributed by atoms with van der Waals surface area (Å²) in [5.41, 5.74) is 0.981. The summed E-state index contributed by atoms with van der Waals surface area (Å²) in [6.45, 7) is 4.20. The molecule has 2 heterocycles. The number of ether oxygens (including phenoxy) is 2. The zero-order valence-electron chi connectivity index (χ0n) is 9.94.